The third kappa shape index (κ3) is 5.44. The van der Waals surface area contributed by atoms with Gasteiger partial charge in [0.25, 0.3) is 0 Å². The molecule has 3 aromatic rings. The Morgan fingerprint density at radius 1 is 0.944 bits per heavy atom. The van der Waals surface area contributed by atoms with E-state index in [0.29, 0.717) is 13.1 Å². The molecule has 192 valence electrons. The SMILES string of the molecule is CCN1C(=O)C(C)(C)C(=O)N(C)c2cc(CN(CCc3cccnc3)Cc3ccnn3C)ccc21.Cl. The predicted molar refractivity (Wildman–Crippen MR) is 144 cm³/mol. The number of carbonyl (C=O) groups is 2. The average Bonchev–Trinajstić information content (AvgIpc) is 3.25. The summed E-state index contributed by atoms with van der Waals surface area (Å²) in [5.74, 6) is -0.363. The van der Waals surface area contributed by atoms with Crippen molar-refractivity contribution in [3.05, 3.63) is 71.8 Å². The number of hydrogen-bond acceptors (Lipinski definition) is 5. The lowest BCUT2D eigenvalue weighted by Gasteiger charge is -2.27. The Morgan fingerprint density at radius 2 is 1.72 bits per heavy atom. The molecule has 8 nitrogen and oxygen atoms in total. The average molecular weight is 511 g/mol. The van der Waals surface area contributed by atoms with E-state index in [1.165, 1.54) is 5.56 Å². The largest absolute Gasteiger partial charge is 0.313 e. The molecule has 0 spiro atoms. The van der Waals surface area contributed by atoms with Crippen LogP contribution in [0, 0.1) is 5.41 Å². The highest BCUT2D eigenvalue weighted by Crippen LogP contribution is 2.39. The van der Waals surface area contributed by atoms with E-state index in [0.717, 1.165) is 42.1 Å². The Labute approximate surface area is 219 Å². The van der Waals surface area contributed by atoms with Crippen molar-refractivity contribution in [1.82, 2.24) is 19.7 Å². The van der Waals surface area contributed by atoms with Gasteiger partial charge in [-0.05, 0) is 62.6 Å². The van der Waals surface area contributed by atoms with Crippen molar-refractivity contribution in [1.29, 1.82) is 0 Å². The third-order valence-corrected chi connectivity index (χ3v) is 6.78. The van der Waals surface area contributed by atoms with Crippen LogP contribution in [0.4, 0.5) is 11.4 Å². The van der Waals surface area contributed by atoms with Gasteiger partial charge >= 0.3 is 0 Å². The van der Waals surface area contributed by atoms with E-state index in [9.17, 15) is 9.59 Å². The minimum Gasteiger partial charge on any atom is -0.313 e. The number of fused-ring (bicyclic) bond motifs is 1. The first-order valence-corrected chi connectivity index (χ1v) is 12.0. The smallest absolute Gasteiger partial charge is 0.242 e. The van der Waals surface area contributed by atoms with Crippen LogP contribution < -0.4 is 9.80 Å². The quantitative estimate of drug-likeness (QED) is 0.430. The molecule has 9 heteroatoms. The van der Waals surface area contributed by atoms with Crippen molar-refractivity contribution in [3.63, 3.8) is 0 Å². The molecule has 3 heterocycles. The fourth-order valence-electron chi connectivity index (χ4n) is 4.64. The maximum absolute atomic E-state index is 13.2. The predicted octanol–water partition coefficient (Wildman–Crippen LogP) is 3.84. The summed E-state index contributed by atoms with van der Waals surface area (Å²) in [5, 5.41) is 4.32. The summed E-state index contributed by atoms with van der Waals surface area (Å²) in [6, 6.07) is 12.2. The van der Waals surface area contributed by atoms with Gasteiger partial charge in [-0.15, -0.1) is 12.4 Å². The first kappa shape index (κ1) is 27.4. The zero-order valence-electron chi connectivity index (χ0n) is 21.6. The number of amides is 2. The van der Waals surface area contributed by atoms with Gasteiger partial charge in [-0.3, -0.25) is 24.2 Å². The van der Waals surface area contributed by atoms with Gasteiger partial charge in [0.15, 0.2) is 0 Å². The van der Waals surface area contributed by atoms with Crippen molar-refractivity contribution in [2.75, 3.05) is 29.9 Å². The number of hydrogen-bond donors (Lipinski definition) is 0. The van der Waals surface area contributed by atoms with Crippen LogP contribution in [0.2, 0.25) is 0 Å². The summed E-state index contributed by atoms with van der Waals surface area (Å²) >= 11 is 0. The van der Waals surface area contributed by atoms with Gasteiger partial charge in [0.05, 0.1) is 17.1 Å². The van der Waals surface area contributed by atoms with Gasteiger partial charge in [-0.25, -0.2) is 0 Å². The van der Waals surface area contributed by atoms with Crippen molar-refractivity contribution >= 4 is 35.6 Å². The van der Waals surface area contributed by atoms with Crippen LogP contribution in [0.15, 0.2) is 55.0 Å². The standard InChI is InChI=1S/C27H34N6O2.ClH/c1-6-33-23-10-9-21(16-24(23)30(4)25(34)27(2,3)26(33)35)18-32(19-22-11-14-29-31(22)5)15-12-20-8-7-13-28-17-20;/h7-11,13-14,16-17H,6,12,15,18-19H2,1-5H3;1H. The number of aromatic nitrogens is 3. The Balaban J connectivity index is 0.00000361. The highest BCUT2D eigenvalue weighted by Gasteiger charge is 2.45. The molecule has 0 bridgehead atoms. The fourth-order valence-corrected chi connectivity index (χ4v) is 4.64. The van der Waals surface area contributed by atoms with E-state index in [-0.39, 0.29) is 24.2 Å². The molecule has 0 saturated carbocycles. The van der Waals surface area contributed by atoms with Crippen LogP contribution in [-0.2, 0) is 36.1 Å². The summed E-state index contributed by atoms with van der Waals surface area (Å²) < 4.78 is 1.90. The Bertz CT molecular complexity index is 1210. The second-order valence-corrected chi connectivity index (χ2v) is 9.63. The molecule has 1 aromatic carbocycles. The monoisotopic (exact) mass is 510 g/mol. The topological polar surface area (TPSA) is 74.6 Å². The summed E-state index contributed by atoms with van der Waals surface area (Å²) in [7, 11) is 3.71. The number of carbonyl (C=O) groups excluding carboxylic acids is 2. The maximum Gasteiger partial charge on any atom is 0.242 e. The van der Waals surface area contributed by atoms with E-state index in [4.69, 9.17) is 0 Å². The molecule has 2 aromatic heterocycles. The summed E-state index contributed by atoms with van der Waals surface area (Å²) in [4.78, 5) is 36.3. The van der Waals surface area contributed by atoms with E-state index in [2.05, 4.69) is 27.1 Å². The number of pyridine rings is 1. The molecule has 0 unspecified atom stereocenters. The summed E-state index contributed by atoms with van der Waals surface area (Å²) in [5.41, 5.74) is 3.83. The number of benzene rings is 1. The molecule has 4 rings (SSSR count). The minimum atomic E-state index is -1.11. The van der Waals surface area contributed by atoms with Crippen LogP contribution >= 0.6 is 12.4 Å². The van der Waals surface area contributed by atoms with Crippen LogP contribution in [0.1, 0.15) is 37.6 Å². The van der Waals surface area contributed by atoms with Crippen LogP contribution in [0.25, 0.3) is 0 Å². The van der Waals surface area contributed by atoms with E-state index in [1.807, 2.05) is 55.3 Å². The second kappa shape index (κ2) is 11.2. The van der Waals surface area contributed by atoms with Gasteiger partial charge in [-0.1, -0.05) is 12.1 Å². The van der Waals surface area contributed by atoms with E-state index >= 15 is 0 Å². The number of halogens is 1. The Kier molecular flexibility index (Phi) is 8.53. The van der Waals surface area contributed by atoms with Crippen molar-refractivity contribution < 1.29 is 9.59 Å². The lowest BCUT2D eigenvalue weighted by molar-refractivity contribution is -0.137. The van der Waals surface area contributed by atoms with Crippen LogP contribution in [-0.4, -0.2) is 51.6 Å². The fraction of sp³-hybridized carbons (Fsp3) is 0.407. The zero-order chi connectivity index (χ0) is 25.2. The molecule has 2 amide bonds. The molecule has 0 saturated heterocycles. The number of aryl methyl sites for hydroxylation is 1. The molecule has 0 atom stereocenters. The van der Waals surface area contributed by atoms with E-state index < -0.39 is 5.41 Å². The molecule has 0 N–H and O–H groups in total. The minimum absolute atomic E-state index is 0. The zero-order valence-corrected chi connectivity index (χ0v) is 22.5. The lowest BCUT2D eigenvalue weighted by Crippen LogP contribution is -2.47. The normalized spacial score (nSPS) is 15.1. The summed E-state index contributed by atoms with van der Waals surface area (Å²) in [6.45, 7) is 8.15. The highest BCUT2D eigenvalue weighted by molar-refractivity contribution is 6.19. The van der Waals surface area contributed by atoms with Crippen molar-refractivity contribution in [3.8, 4) is 0 Å². The van der Waals surface area contributed by atoms with E-state index in [1.54, 1.807) is 36.9 Å². The first-order chi connectivity index (χ1) is 16.7. The van der Waals surface area contributed by atoms with Crippen LogP contribution in [0.5, 0.6) is 0 Å². The Morgan fingerprint density at radius 3 is 2.36 bits per heavy atom. The van der Waals surface area contributed by atoms with Crippen molar-refractivity contribution in [2.24, 2.45) is 12.5 Å². The lowest BCUT2D eigenvalue weighted by atomic mass is 9.90. The molecular formula is C27H35ClN6O2. The summed E-state index contributed by atoms with van der Waals surface area (Å²) in [6.07, 6.45) is 6.39. The second-order valence-electron chi connectivity index (χ2n) is 9.63. The van der Waals surface area contributed by atoms with Crippen molar-refractivity contribution in [2.45, 2.75) is 40.3 Å². The number of nitrogens with zero attached hydrogens (tertiary/aromatic N) is 6. The molecule has 36 heavy (non-hydrogen) atoms. The van der Waals surface area contributed by atoms with Gasteiger partial charge in [0.1, 0.15) is 5.41 Å². The van der Waals surface area contributed by atoms with Gasteiger partial charge < -0.3 is 9.80 Å². The molecule has 1 aliphatic heterocycles. The molecule has 1 aliphatic rings. The molecule has 0 aliphatic carbocycles. The first-order valence-electron chi connectivity index (χ1n) is 12.0. The molecule has 0 radical (unpaired) electrons. The molecular weight excluding hydrogens is 476 g/mol. The van der Waals surface area contributed by atoms with Crippen LogP contribution in [0.3, 0.4) is 0 Å². The number of rotatable bonds is 8. The molecule has 0 fully saturated rings. The number of anilines is 2. The maximum atomic E-state index is 13.2. The van der Waals surface area contributed by atoms with Gasteiger partial charge in [-0.2, -0.15) is 5.10 Å². The Hall–Kier alpha value is -3.23. The van der Waals surface area contributed by atoms with Gasteiger partial charge in [0, 0.05) is 58.9 Å². The third-order valence-electron chi connectivity index (χ3n) is 6.78. The highest BCUT2D eigenvalue weighted by atomic mass is 35.5. The van der Waals surface area contributed by atoms with Gasteiger partial charge in [0.2, 0.25) is 11.8 Å².